The predicted molar refractivity (Wildman–Crippen MR) is 72.1 cm³/mol. The fraction of sp³-hybridized carbons (Fsp3) is 0.857. The van der Waals surface area contributed by atoms with E-state index in [4.69, 9.17) is 4.74 Å². The molecule has 0 saturated carbocycles. The smallest absolute Gasteiger partial charge is 0.325 e. The van der Waals surface area contributed by atoms with Crippen LogP contribution in [0, 0.1) is 11.3 Å². The summed E-state index contributed by atoms with van der Waals surface area (Å²) in [5.74, 6) is 0.00431. The zero-order valence-electron chi connectivity index (χ0n) is 12.5. The van der Waals surface area contributed by atoms with Gasteiger partial charge in [0.2, 0.25) is 5.91 Å². The molecule has 0 spiro atoms. The van der Waals surface area contributed by atoms with Crippen LogP contribution in [0.5, 0.6) is 0 Å². The van der Waals surface area contributed by atoms with Gasteiger partial charge in [-0.3, -0.25) is 9.59 Å². The van der Waals surface area contributed by atoms with Crippen molar-refractivity contribution in [2.75, 3.05) is 6.54 Å². The molecule has 0 fully saturated rings. The second-order valence-corrected chi connectivity index (χ2v) is 6.44. The lowest BCUT2D eigenvalue weighted by Gasteiger charge is -2.18. The molecule has 0 aromatic heterocycles. The molecule has 0 rings (SSSR count). The Bertz CT molecular complexity index is 279. The van der Waals surface area contributed by atoms with Crippen LogP contribution in [0.1, 0.15) is 54.4 Å². The van der Waals surface area contributed by atoms with Crippen molar-refractivity contribution in [3.05, 3.63) is 0 Å². The molecule has 1 atom stereocenters. The van der Waals surface area contributed by atoms with Crippen LogP contribution in [0.15, 0.2) is 0 Å². The Morgan fingerprint density at radius 3 is 2.17 bits per heavy atom. The lowest BCUT2D eigenvalue weighted by molar-refractivity contribution is -0.149. The Balaban J connectivity index is 3.87. The Morgan fingerprint density at radius 2 is 1.72 bits per heavy atom. The lowest BCUT2D eigenvalue weighted by atomic mass is 9.92. The van der Waals surface area contributed by atoms with Crippen LogP contribution in [-0.2, 0) is 14.3 Å². The molecular formula is C14H27NO3. The summed E-state index contributed by atoms with van der Waals surface area (Å²) in [5.41, 5.74) is -0.0705. The third-order valence-corrected chi connectivity index (χ3v) is 2.26. The van der Waals surface area contributed by atoms with Gasteiger partial charge < -0.3 is 10.1 Å². The van der Waals surface area contributed by atoms with E-state index in [1.54, 1.807) is 0 Å². The van der Waals surface area contributed by atoms with Crippen LogP contribution >= 0.6 is 0 Å². The summed E-state index contributed by atoms with van der Waals surface area (Å²) < 4.78 is 5.19. The molecule has 0 bridgehead atoms. The summed E-state index contributed by atoms with van der Waals surface area (Å²) in [6, 6.07) is 0. The minimum Gasteiger partial charge on any atom is -0.461 e. The van der Waals surface area contributed by atoms with E-state index < -0.39 is 0 Å². The molecular weight excluding hydrogens is 230 g/mol. The molecule has 0 heterocycles. The standard InChI is InChI=1S/C14H27NO3/c1-10(2)7-11(3)18-13(17)9-15-12(16)8-14(4,5)6/h10-11H,7-9H2,1-6H3,(H,15,16). The first kappa shape index (κ1) is 16.9. The maximum atomic E-state index is 11.5. The predicted octanol–water partition coefficient (Wildman–Crippen LogP) is 2.52. The van der Waals surface area contributed by atoms with Gasteiger partial charge in [-0.15, -0.1) is 0 Å². The average Bonchev–Trinajstić information content (AvgIpc) is 2.10. The highest BCUT2D eigenvalue weighted by Crippen LogP contribution is 2.17. The summed E-state index contributed by atoms with van der Waals surface area (Å²) in [6.45, 7) is 11.9. The Morgan fingerprint density at radius 1 is 1.17 bits per heavy atom. The van der Waals surface area contributed by atoms with Crippen LogP contribution in [0.25, 0.3) is 0 Å². The van der Waals surface area contributed by atoms with Crippen LogP contribution in [0.2, 0.25) is 0 Å². The third kappa shape index (κ3) is 10.1. The minimum absolute atomic E-state index is 0.0443. The molecule has 0 radical (unpaired) electrons. The molecule has 106 valence electrons. The first-order chi connectivity index (χ1) is 8.10. The second-order valence-electron chi connectivity index (χ2n) is 6.44. The van der Waals surface area contributed by atoms with Gasteiger partial charge in [-0.2, -0.15) is 0 Å². The maximum Gasteiger partial charge on any atom is 0.325 e. The van der Waals surface area contributed by atoms with E-state index in [0.717, 1.165) is 6.42 Å². The zero-order valence-corrected chi connectivity index (χ0v) is 12.5. The number of hydrogen-bond acceptors (Lipinski definition) is 3. The Hall–Kier alpha value is -1.06. The summed E-state index contributed by atoms with van der Waals surface area (Å²) in [5, 5.41) is 2.58. The molecule has 4 nitrogen and oxygen atoms in total. The van der Waals surface area contributed by atoms with E-state index in [1.165, 1.54) is 0 Å². The molecule has 0 aliphatic carbocycles. The van der Waals surface area contributed by atoms with Crippen molar-refractivity contribution in [3.8, 4) is 0 Å². The molecule has 0 aromatic carbocycles. The first-order valence-corrected chi connectivity index (χ1v) is 6.56. The molecule has 0 aromatic rings. The molecule has 1 unspecified atom stereocenters. The van der Waals surface area contributed by atoms with Crippen LogP contribution < -0.4 is 5.32 Å². The molecule has 1 N–H and O–H groups in total. The van der Waals surface area contributed by atoms with Crippen LogP contribution in [0.3, 0.4) is 0 Å². The van der Waals surface area contributed by atoms with Gasteiger partial charge in [-0.1, -0.05) is 34.6 Å². The highest BCUT2D eigenvalue weighted by molar-refractivity contribution is 5.82. The van der Waals surface area contributed by atoms with Crippen molar-refractivity contribution in [2.45, 2.75) is 60.5 Å². The monoisotopic (exact) mass is 257 g/mol. The third-order valence-electron chi connectivity index (χ3n) is 2.26. The van der Waals surface area contributed by atoms with Crippen LogP contribution in [-0.4, -0.2) is 24.5 Å². The van der Waals surface area contributed by atoms with Gasteiger partial charge in [-0.05, 0) is 24.7 Å². The topological polar surface area (TPSA) is 55.4 Å². The van der Waals surface area contributed by atoms with Crippen LogP contribution in [0.4, 0.5) is 0 Å². The van der Waals surface area contributed by atoms with Crippen molar-refractivity contribution >= 4 is 11.9 Å². The van der Waals surface area contributed by atoms with Crippen molar-refractivity contribution in [3.63, 3.8) is 0 Å². The summed E-state index contributed by atoms with van der Waals surface area (Å²) >= 11 is 0. The first-order valence-electron chi connectivity index (χ1n) is 6.56. The highest BCUT2D eigenvalue weighted by Gasteiger charge is 2.17. The molecule has 0 saturated heterocycles. The number of hydrogen-bond donors (Lipinski definition) is 1. The van der Waals surface area contributed by atoms with E-state index in [9.17, 15) is 9.59 Å². The number of amides is 1. The summed E-state index contributed by atoms with van der Waals surface area (Å²) in [4.78, 5) is 23.0. The average molecular weight is 257 g/mol. The number of carbonyl (C=O) groups excluding carboxylic acids is 2. The van der Waals surface area contributed by atoms with E-state index >= 15 is 0 Å². The van der Waals surface area contributed by atoms with Gasteiger partial charge in [0, 0.05) is 6.42 Å². The zero-order chi connectivity index (χ0) is 14.3. The van der Waals surface area contributed by atoms with Gasteiger partial charge in [0.25, 0.3) is 0 Å². The number of nitrogens with one attached hydrogen (secondary N) is 1. The van der Waals surface area contributed by atoms with Gasteiger partial charge in [0.1, 0.15) is 6.54 Å². The van der Waals surface area contributed by atoms with E-state index in [1.807, 2.05) is 27.7 Å². The van der Waals surface area contributed by atoms with Crippen molar-refractivity contribution in [2.24, 2.45) is 11.3 Å². The minimum atomic E-state index is -0.370. The highest BCUT2D eigenvalue weighted by atomic mass is 16.5. The summed E-state index contributed by atoms with van der Waals surface area (Å²) in [7, 11) is 0. The molecule has 0 aliphatic heterocycles. The largest absolute Gasteiger partial charge is 0.461 e. The molecule has 18 heavy (non-hydrogen) atoms. The number of ether oxygens (including phenoxy) is 1. The van der Waals surface area contributed by atoms with Gasteiger partial charge in [0.15, 0.2) is 0 Å². The second kappa shape index (κ2) is 7.39. The van der Waals surface area contributed by atoms with Crippen molar-refractivity contribution in [1.82, 2.24) is 5.32 Å². The fourth-order valence-electron chi connectivity index (χ4n) is 1.69. The number of carbonyl (C=O) groups is 2. The summed E-state index contributed by atoms with van der Waals surface area (Å²) in [6.07, 6.45) is 1.14. The van der Waals surface area contributed by atoms with E-state index in [0.29, 0.717) is 12.3 Å². The Labute approximate surface area is 110 Å². The van der Waals surface area contributed by atoms with E-state index in [2.05, 4.69) is 19.2 Å². The van der Waals surface area contributed by atoms with Crippen molar-refractivity contribution < 1.29 is 14.3 Å². The van der Waals surface area contributed by atoms with Gasteiger partial charge in [0.05, 0.1) is 6.10 Å². The lowest BCUT2D eigenvalue weighted by Crippen LogP contribution is -2.34. The molecule has 1 amide bonds. The molecule has 0 aliphatic rings. The SMILES string of the molecule is CC(C)CC(C)OC(=O)CNC(=O)CC(C)(C)C. The quantitative estimate of drug-likeness (QED) is 0.744. The number of esters is 1. The van der Waals surface area contributed by atoms with E-state index in [-0.39, 0.29) is 29.9 Å². The van der Waals surface area contributed by atoms with Gasteiger partial charge in [-0.25, -0.2) is 0 Å². The number of rotatable bonds is 6. The normalized spacial score (nSPS) is 13.3. The molecule has 4 heteroatoms. The fourth-order valence-corrected chi connectivity index (χ4v) is 1.69. The Kier molecular flexibility index (Phi) is 6.96. The maximum absolute atomic E-state index is 11.5. The van der Waals surface area contributed by atoms with Crippen molar-refractivity contribution in [1.29, 1.82) is 0 Å². The van der Waals surface area contributed by atoms with Gasteiger partial charge >= 0.3 is 5.97 Å².